The number of hydroxylamine groups is 1. The summed E-state index contributed by atoms with van der Waals surface area (Å²) in [6.07, 6.45) is 3.72. The van der Waals surface area contributed by atoms with Crippen molar-refractivity contribution >= 4 is 5.57 Å². The Balaban J connectivity index is -0.000000175. The van der Waals surface area contributed by atoms with Gasteiger partial charge in [0.2, 0.25) is 0 Å². The maximum atomic E-state index is 4.87. The van der Waals surface area contributed by atoms with Gasteiger partial charge in [-0.05, 0) is 12.5 Å². The average Bonchev–Trinajstić information content (AvgIpc) is 2.64. The van der Waals surface area contributed by atoms with Crippen LogP contribution in [0.1, 0.15) is 66.5 Å². The summed E-state index contributed by atoms with van der Waals surface area (Å²) < 4.78 is 0. The van der Waals surface area contributed by atoms with E-state index in [9.17, 15) is 0 Å². The highest BCUT2D eigenvalue weighted by atomic mass is 16.6. The first kappa shape index (κ1) is 28.7. The Morgan fingerprint density at radius 1 is 0.909 bits per heavy atom. The minimum Gasteiger partial charge on any atom is -0.205 e. The van der Waals surface area contributed by atoms with Gasteiger partial charge in [-0.1, -0.05) is 97.9 Å². The maximum Gasteiger partial charge on any atom is 0.133 e. The molecule has 22 heavy (non-hydrogen) atoms. The third-order valence-corrected chi connectivity index (χ3v) is 1.99. The van der Waals surface area contributed by atoms with Crippen molar-refractivity contribution in [2.45, 2.75) is 62.3 Å². The molecule has 0 radical (unpaired) electrons. The van der Waals surface area contributed by atoms with Crippen LogP contribution in [-0.4, -0.2) is 7.11 Å². The van der Waals surface area contributed by atoms with E-state index < -0.39 is 0 Å². The Kier molecular flexibility index (Phi) is 36.4. The van der Waals surface area contributed by atoms with Gasteiger partial charge in [-0.15, -0.1) is 0 Å². The van der Waals surface area contributed by atoms with E-state index in [-0.39, 0.29) is 0 Å². The van der Waals surface area contributed by atoms with Crippen LogP contribution in [0.2, 0.25) is 0 Å². The monoisotopic (exact) mass is 310 g/mol. The largest absolute Gasteiger partial charge is 0.205 e. The summed E-state index contributed by atoms with van der Waals surface area (Å²) in [5.74, 6) is 0. The number of nitrogens with two attached hydrogens (primary N) is 1. The molecule has 0 saturated heterocycles. The standard InChI is InChI=1S/C12H15NO.4C2H6/c1-4-11(9-13-14-3)12-7-5-10(2)6-8-12;4*1-2/h4-9,13H,1H2,2-3H3;4*1-2H3/p+1/b11-9+;;;;. The maximum absolute atomic E-state index is 4.87. The Bertz CT molecular complexity index is 326. The van der Waals surface area contributed by atoms with Crippen molar-refractivity contribution < 1.29 is 10.3 Å². The van der Waals surface area contributed by atoms with E-state index in [4.69, 9.17) is 4.84 Å². The van der Waals surface area contributed by atoms with Crippen LogP contribution < -0.4 is 5.48 Å². The minimum atomic E-state index is 1.06. The zero-order chi connectivity index (χ0) is 18.4. The summed E-state index contributed by atoms with van der Waals surface area (Å²) in [6, 6.07) is 8.32. The Morgan fingerprint density at radius 3 is 1.64 bits per heavy atom. The number of allylic oxidation sites excluding steroid dienone is 2. The van der Waals surface area contributed by atoms with Gasteiger partial charge in [-0.2, -0.15) is 5.48 Å². The van der Waals surface area contributed by atoms with Crippen LogP contribution in [0.15, 0.2) is 43.1 Å². The Labute approximate surface area is 140 Å². The second kappa shape index (κ2) is 27.9. The van der Waals surface area contributed by atoms with Crippen molar-refractivity contribution in [1.29, 1.82) is 0 Å². The topological polar surface area (TPSA) is 25.8 Å². The van der Waals surface area contributed by atoms with Gasteiger partial charge in [0.25, 0.3) is 0 Å². The molecular formula is C20H40NO+. The van der Waals surface area contributed by atoms with Gasteiger partial charge < -0.3 is 0 Å². The van der Waals surface area contributed by atoms with Gasteiger partial charge in [0, 0.05) is 5.57 Å². The number of rotatable bonds is 4. The molecule has 0 amide bonds. The van der Waals surface area contributed by atoms with Crippen LogP contribution in [0.3, 0.4) is 0 Å². The third-order valence-electron chi connectivity index (χ3n) is 1.99. The molecule has 0 aliphatic carbocycles. The molecule has 0 saturated carbocycles. The van der Waals surface area contributed by atoms with Gasteiger partial charge >= 0.3 is 0 Å². The van der Waals surface area contributed by atoms with Gasteiger partial charge in [0.15, 0.2) is 0 Å². The van der Waals surface area contributed by atoms with Gasteiger partial charge in [0.1, 0.15) is 6.20 Å². The molecule has 0 fully saturated rings. The number of hydrogen-bond acceptors (Lipinski definition) is 1. The molecule has 2 N–H and O–H groups in total. The van der Waals surface area contributed by atoms with E-state index in [0.717, 1.165) is 11.1 Å². The molecule has 0 spiro atoms. The first-order valence-electron chi connectivity index (χ1n) is 8.53. The lowest BCUT2D eigenvalue weighted by molar-refractivity contribution is -0.842. The number of benzene rings is 1. The summed E-state index contributed by atoms with van der Waals surface area (Å²) in [7, 11) is 1.63. The molecule has 0 aliphatic heterocycles. The number of quaternary nitrogens is 1. The van der Waals surface area contributed by atoms with Crippen molar-refractivity contribution in [1.82, 2.24) is 0 Å². The predicted molar refractivity (Wildman–Crippen MR) is 104 cm³/mol. The molecule has 1 rings (SSSR count). The predicted octanol–water partition coefficient (Wildman–Crippen LogP) is 5.75. The lowest BCUT2D eigenvalue weighted by Gasteiger charge is -2.00. The molecule has 0 aromatic heterocycles. The zero-order valence-electron chi connectivity index (χ0n) is 16.7. The molecule has 0 unspecified atom stereocenters. The highest BCUT2D eigenvalue weighted by molar-refractivity contribution is 5.72. The molecule has 0 heterocycles. The van der Waals surface area contributed by atoms with Crippen LogP contribution in [0, 0.1) is 6.92 Å². The lowest BCUT2D eigenvalue weighted by Crippen LogP contribution is -2.76. The fourth-order valence-corrected chi connectivity index (χ4v) is 1.17. The van der Waals surface area contributed by atoms with Crippen LogP contribution >= 0.6 is 0 Å². The van der Waals surface area contributed by atoms with E-state index >= 15 is 0 Å². The van der Waals surface area contributed by atoms with Gasteiger partial charge in [-0.25, -0.2) is 4.84 Å². The van der Waals surface area contributed by atoms with Crippen molar-refractivity contribution in [3.8, 4) is 0 Å². The summed E-state index contributed by atoms with van der Waals surface area (Å²) in [6.45, 7) is 21.8. The van der Waals surface area contributed by atoms with E-state index in [2.05, 4.69) is 37.8 Å². The molecule has 0 bridgehead atoms. The highest BCUT2D eigenvalue weighted by Crippen LogP contribution is 2.14. The SMILES string of the molecule is C=C/C(=C\[NH2+]OC)c1ccc(C)cc1.CC.CC.CC.CC. The van der Waals surface area contributed by atoms with E-state index in [1.807, 2.05) is 67.7 Å². The third kappa shape index (κ3) is 16.7. The minimum absolute atomic E-state index is 1.06. The molecule has 2 heteroatoms. The molecule has 1 aromatic carbocycles. The fourth-order valence-electron chi connectivity index (χ4n) is 1.17. The molecular weight excluding hydrogens is 270 g/mol. The molecule has 0 aliphatic rings. The normalized spacial score (nSPS) is 8.36. The van der Waals surface area contributed by atoms with E-state index in [1.165, 1.54) is 5.56 Å². The average molecular weight is 311 g/mol. The summed E-state index contributed by atoms with van der Waals surface area (Å²) >= 11 is 0. The molecule has 130 valence electrons. The Morgan fingerprint density at radius 2 is 1.32 bits per heavy atom. The van der Waals surface area contributed by atoms with Crippen molar-refractivity contribution in [3.63, 3.8) is 0 Å². The molecule has 2 nitrogen and oxygen atoms in total. The first-order chi connectivity index (χ1) is 10.8. The van der Waals surface area contributed by atoms with Crippen LogP contribution in [-0.2, 0) is 4.84 Å². The second-order valence-corrected chi connectivity index (χ2v) is 3.06. The highest BCUT2D eigenvalue weighted by Gasteiger charge is 1.98. The van der Waals surface area contributed by atoms with Gasteiger partial charge in [-0.3, -0.25) is 0 Å². The fraction of sp³-hybridized carbons (Fsp3) is 0.500. The van der Waals surface area contributed by atoms with Gasteiger partial charge in [0.05, 0.1) is 7.11 Å². The smallest absolute Gasteiger partial charge is 0.133 e. The summed E-state index contributed by atoms with van der Waals surface area (Å²) in [4.78, 5) is 4.87. The molecule has 0 atom stereocenters. The van der Waals surface area contributed by atoms with E-state index in [1.54, 1.807) is 12.6 Å². The van der Waals surface area contributed by atoms with E-state index in [0.29, 0.717) is 0 Å². The Hall–Kier alpha value is -1.38. The van der Waals surface area contributed by atoms with Crippen molar-refractivity contribution in [2.24, 2.45) is 0 Å². The van der Waals surface area contributed by atoms with Crippen molar-refractivity contribution in [3.05, 3.63) is 54.2 Å². The zero-order valence-corrected chi connectivity index (χ0v) is 16.7. The second-order valence-electron chi connectivity index (χ2n) is 3.06. The van der Waals surface area contributed by atoms with Crippen molar-refractivity contribution in [2.75, 3.05) is 7.11 Å². The van der Waals surface area contributed by atoms with Crippen LogP contribution in [0.4, 0.5) is 0 Å². The van der Waals surface area contributed by atoms with Crippen LogP contribution in [0.25, 0.3) is 5.57 Å². The first-order valence-corrected chi connectivity index (χ1v) is 8.53. The van der Waals surface area contributed by atoms with Crippen LogP contribution in [0.5, 0.6) is 0 Å². The quantitative estimate of drug-likeness (QED) is 0.556. The summed E-state index contributed by atoms with van der Waals surface area (Å²) in [5, 5.41) is 0. The number of hydrogen-bond donors (Lipinski definition) is 1. The summed E-state index contributed by atoms with van der Waals surface area (Å²) in [5.41, 5.74) is 5.12. The number of aryl methyl sites for hydroxylation is 1. The lowest BCUT2D eigenvalue weighted by atomic mass is 10.1. The molecule has 1 aromatic rings.